The summed E-state index contributed by atoms with van der Waals surface area (Å²) in [5.74, 6) is 1.74. The number of rotatable bonds is 4. The van der Waals surface area contributed by atoms with Crippen molar-refractivity contribution < 1.29 is 4.39 Å². The Morgan fingerprint density at radius 2 is 1.95 bits per heavy atom. The summed E-state index contributed by atoms with van der Waals surface area (Å²) >= 11 is 6.03. The minimum atomic E-state index is -0.234. The first kappa shape index (κ1) is 13.3. The smallest absolute Gasteiger partial charge is 0.135 e. The van der Waals surface area contributed by atoms with Gasteiger partial charge in [-0.3, -0.25) is 0 Å². The van der Waals surface area contributed by atoms with Gasteiger partial charge in [-0.1, -0.05) is 23.7 Å². The quantitative estimate of drug-likeness (QED) is 0.853. The molecule has 20 heavy (non-hydrogen) atoms. The fourth-order valence-corrected chi connectivity index (χ4v) is 2.28. The van der Waals surface area contributed by atoms with Gasteiger partial charge in [0.05, 0.1) is 0 Å². The average molecular weight is 292 g/mol. The van der Waals surface area contributed by atoms with E-state index in [0.717, 1.165) is 24.2 Å². The SMILES string of the molecule is CC(Nc1cc(Cl)nc(C2CC2)n1)c1ccc(F)cc1. The standard InChI is InChI=1S/C15H15ClFN3/c1-9(10-4-6-12(17)7-5-10)18-14-8-13(16)19-15(20-14)11-2-3-11/h4-9,11H,2-3H2,1H3,(H,18,19,20). The second-order valence-corrected chi connectivity index (χ2v) is 5.51. The summed E-state index contributed by atoms with van der Waals surface area (Å²) in [6.45, 7) is 2.00. The Kier molecular flexibility index (Phi) is 3.57. The van der Waals surface area contributed by atoms with E-state index < -0.39 is 0 Å². The normalized spacial score (nSPS) is 15.9. The van der Waals surface area contributed by atoms with Gasteiger partial charge >= 0.3 is 0 Å². The first-order valence-corrected chi connectivity index (χ1v) is 7.06. The molecule has 2 aromatic rings. The minimum Gasteiger partial charge on any atom is -0.363 e. The van der Waals surface area contributed by atoms with Crippen LogP contribution in [0.5, 0.6) is 0 Å². The lowest BCUT2D eigenvalue weighted by Gasteiger charge is -2.15. The second kappa shape index (κ2) is 5.37. The first-order valence-electron chi connectivity index (χ1n) is 6.68. The van der Waals surface area contributed by atoms with Gasteiger partial charge in [0.25, 0.3) is 0 Å². The average Bonchev–Trinajstić information content (AvgIpc) is 3.23. The van der Waals surface area contributed by atoms with Crippen LogP contribution in [0.2, 0.25) is 5.15 Å². The van der Waals surface area contributed by atoms with Crippen LogP contribution < -0.4 is 5.32 Å². The first-order chi connectivity index (χ1) is 9.61. The number of hydrogen-bond donors (Lipinski definition) is 1. The van der Waals surface area contributed by atoms with E-state index in [1.807, 2.05) is 6.92 Å². The lowest BCUT2D eigenvalue weighted by atomic mass is 10.1. The Labute approximate surface area is 122 Å². The maximum absolute atomic E-state index is 12.9. The van der Waals surface area contributed by atoms with Crippen molar-refractivity contribution in [1.82, 2.24) is 9.97 Å². The highest BCUT2D eigenvalue weighted by Crippen LogP contribution is 2.39. The number of anilines is 1. The molecule has 1 unspecified atom stereocenters. The molecule has 5 heteroatoms. The highest BCUT2D eigenvalue weighted by Gasteiger charge is 2.27. The summed E-state index contributed by atoms with van der Waals surface area (Å²) in [5, 5.41) is 3.74. The van der Waals surface area contributed by atoms with Crippen LogP contribution in [-0.2, 0) is 0 Å². The van der Waals surface area contributed by atoms with E-state index >= 15 is 0 Å². The van der Waals surface area contributed by atoms with Crippen LogP contribution in [0.1, 0.15) is 43.1 Å². The molecule has 0 bridgehead atoms. The highest BCUT2D eigenvalue weighted by atomic mass is 35.5. The Hall–Kier alpha value is -1.68. The molecule has 0 spiro atoms. The third kappa shape index (κ3) is 3.07. The zero-order valence-corrected chi connectivity index (χ0v) is 11.9. The molecule has 104 valence electrons. The van der Waals surface area contributed by atoms with Crippen molar-refractivity contribution in [1.29, 1.82) is 0 Å². The molecular weight excluding hydrogens is 277 g/mol. The van der Waals surface area contributed by atoms with Crippen LogP contribution in [0.15, 0.2) is 30.3 Å². The number of aromatic nitrogens is 2. The number of nitrogens with one attached hydrogen (secondary N) is 1. The molecule has 0 saturated heterocycles. The van der Waals surface area contributed by atoms with Crippen molar-refractivity contribution in [3.63, 3.8) is 0 Å². The van der Waals surface area contributed by atoms with E-state index in [2.05, 4.69) is 15.3 Å². The molecule has 0 aliphatic heterocycles. The lowest BCUT2D eigenvalue weighted by molar-refractivity contribution is 0.626. The van der Waals surface area contributed by atoms with Gasteiger partial charge < -0.3 is 5.32 Å². The molecule has 1 saturated carbocycles. The third-order valence-corrected chi connectivity index (χ3v) is 3.58. The summed E-state index contributed by atoms with van der Waals surface area (Å²) in [7, 11) is 0. The molecular formula is C15H15ClFN3. The Balaban J connectivity index is 1.78. The topological polar surface area (TPSA) is 37.8 Å². The molecule has 1 aliphatic carbocycles. The van der Waals surface area contributed by atoms with Gasteiger partial charge in [-0.15, -0.1) is 0 Å². The lowest BCUT2D eigenvalue weighted by Crippen LogP contribution is -2.09. The summed E-state index contributed by atoms with van der Waals surface area (Å²) in [5.41, 5.74) is 0.995. The van der Waals surface area contributed by atoms with Crippen molar-refractivity contribution in [2.24, 2.45) is 0 Å². The van der Waals surface area contributed by atoms with Crippen LogP contribution in [-0.4, -0.2) is 9.97 Å². The van der Waals surface area contributed by atoms with Crippen LogP contribution in [0, 0.1) is 5.82 Å². The molecule has 1 atom stereocenters. The molecule has 3 nitrogen and oxygen atoms in total. The fraction of sp³-hybridized carbons (Fsp3) is 0.333. The van der Waals surface area contributed by atoms with E-state index in [1.165, 1.54) is 12.1 Å². The predicted octanol–water partition coefficient (Wildman–Crippen LogP) is 4.32. The molecule has 0 radical (unpaired) electrons. The highest BCUT2D eigenvalue weighted by molar-refractivity contribution is 6.29. The maximum atomic E-state index is 12.9. The van der Waals surface area contributed by atoms with E-state index in [0.29, 0.717) is 16.9 Å². The molecule has 1 heterocycles. The Morgan fingerprint density at radius 1 is 1.25 bits per heavy atom. The van der Waals surface area contributed by atoms with Crippen LogP contribution in [0.25, 0.3) is 0 Å². The fourth-order valence-electron chi connectivity index (χ4n) is 2.09. The van der Waals surface area contributed by atoms with E-state index in [9.17, 15) is 4.39 Å². The van der Waals surface area contributed by atoms with Gasteiger partial charge in [0.1, 0.15) is 22.6 Å². The molecule has 1 fully saturated rings. The van der Waals surface area contributed by atoms with Gasteiger partial charge in [0.15, 0.2) is 0 Å². The van der Waals surface area contributed by atoms with Crippen LogP contribution in [0.4, 0.5) is 10.2 Å². The zero-order chi connectivity index (χ0) is 14.1. The molecule has 1 N–H and O–H groups in total. The summed E-state index contributed by atoms with van der Waals surface area (Å²) in [4.78, 5) is 8.75. The molecule has 1 aromatic heterocycles. The van der Waals surface area contributed by atoms with Crippen molar-refractivity contribution in [2.75, 3.05) is 5.32 Å². The third-order valence-electron chi connectivity index (χ3n) is 3.39. The van der Waals surface area contributed by atoms with Gasteiger partial charge in [0, 0.05) is 18.0 Å². The zero-order valence-electron chi connectivity index (χ0n) is 11.1. The van der Waals surface area contributed by atoms with Gasteiger partial charge in [-0.05, 0) is 37.5 Å². The van der Waals surface area contributed by atoms with Crippen LogP contribution >= 0.6 is 11.6 Å². The molecule has 3 rings (SSSR count). The predicted molar refractivity (Wildman–Crippen MR) is 77.5 cm³/mol. The Morgan fingerprint density at radius 3 is 2.60 bits per heavy atom. The second-order valence-electron chi connectivity index (χ2n) is 5.13. The van der Waals surface area contributed by atoms with Crippen molar-refractivity contribution in [3.05, 3.63) is 52.7 Å². The van der Waals surface area contributed by atoms with Crippen molar-refractivity contribution in [3.8, 4) is 0 Å². The number of nitrogens with zero attached hydrogens (tertiary/aromatic N) is 2. The molecule has 1 aromatic carbocycles. The van der Waals surface area contributed by atoms with Crippen molar-refractivity contribution >= 4 is 17.4 Å². The van der Waals surface area contributed by atoms with Gasteiger partial charge in [-0.2, -0.15) is 0 Å². The summed E-state index contributed by atoms with van der Waals surface area (Å²) in [6.07, 6.45) is 2.26. The largest absolute Gasteiger partial charge is 0.363 e. The van der Waals surface area contributed by atoms with Gasteiger partial charge in [-0.25, -0.2) is 14.4 Å². The maximum Gasteiger partial charge on any atom is 0.135 e. The van der Waals surface area contributed by atoms with Crippen molar-refractivity contribution in [2.45, 2.75) is 31.7 Å². The van der Waals surface area contributed by atoms with Gasteiger partial charge in [0.2, 0.25) is 0 Å². The molecule has 0 amide bonds. The van der Waals surface area contributed by atoms with E-state index in [1.54, 1.807) is 18.2 Å². The number of halogens is 2. The summed E-state index contributed by atoms with van der Waals surface area (Å²) < 4.78 is 12.9. The van der Waals surface area contributed by atoms with E-state index in [-0.39, 0.29) is 11.9 Å². The van der Waals surface area contributed by atoms with E-state index in [4.69, 9.17) is 11.6 Å². The number of benzene rings is 1. The monoisotopic (exact) mass is 291 g/mol. The van der Waals surface area contributed by atoms with Crippen LogP contribution in [0.3, 0.4) is 0 Å². The summed E-state index contributed by atoms with van der Waals surface area (Å²) in [6, 6.07) is 8.17. The number of hydrogen-bond acceptors (Lipinski definition) is 3. The minimum absolute atomic E-state index is 0.0219. The Bertz CT molecular complexity index is 611. The molecule has 1 aliphatic rings.